The smallest absolute Gasteiger partial charge is 0.337 e. The van der Waals surface area contributed by atoms with Gasteiger partial charge in [-0.1, -0.05) is 42.4 Å². The monoisotopic (exact) mass is 496 g/mol. The number of alkyl halides is 3. The lowest BCUT2D eigenvalue weighted by molar-refractivity contribution is -0.137. The number of halogens is 3. The van der Waals surface area contributed by atoms with Crippen LogP contribution in [0.5, 0.6) is 0 Å². The van der Waals surface area contributed by atoms with Crippen LogP contribution in [0.4, 0.5) is 18.9 Å². The van der Waals surface area contributed by atoms with Gasteiger partial charge in [0.1, 0.15) is 24.1 Å². The molecular weight excluding hydrogens is 477 g/mol. The molecule has 3 aromatic heterocycles. The SMILES string of the molecule is CCc1noc(Cn2cnc3c4ccccc4n(CC(=O)Nc4ccccc4C(F)(F)F)c3c2=O)n1. The van der Waals surface area contributed by atoms with Gasteiger partial charge in [-0.15, -0.1) is 0 Å². The van der Waals surface area contributed by atoms with E-state index >= 15 is 0 Å². The summed E-state index contributed by atoms with van der Waals surface area (Å²) >= 11 is 0. The normalized spacial score (nSPS) is 11.9. The van der Waals surface area contributed by atoms with Crippen LogP contribution < -0.4 is 10.9 Å². The molecule has 3 heterocycles. The molecule has 1 N–H and O–H groups in total. The van der Waals surface area contributed by atoms with Crippen molar-refractivity contribution in [1.29, 1.82) is 0 Å². The van der Waals surface area contributed by atoms with E-state index in [9.17, 15) is 22.8 Å². The summed E-state index contributed by atoms with van der Waals surface area (Å²) in [6, 6.07) is 11.7. The number of nitrogens with zero attached hydrogens (tertiary/aromatic N) is 5. The van der Waals surface area contributed by atoms with Crippen LogP contribution >= 0.6 is 0 Å². The Morgan fingerprint density at radius 1 is 1.11 bits per heavy atom. The Balaban J connectivity index is 1.55. The largest absolute Gasteiger partial charge is 0.418 e. The number of anilines is 1. The third-order valence-corrected chi connectivity index (χ3v) is 5.67. The third kappa shape index (κ3) is 4.21. The molecular formula is C24H19F3N6O3. The number of nitrogens with one attached hydrogen (secondary N) is 1. The van der Waals surface area contributed by atoms with Gasteiger partial charge in [0.05, 0.1) is 23.1 Å². The van der Waals surface area contributed by atoms with Crippen molar-refractivity contribution in [3.8, 4) is 0 Å². The fraction of sp³-hybridized carbons (Fsp3) is 0.208. The van der Waals surface area contributed by atoms with Crippen LogP contribution in [0.2, 0.25) is 0 Å². The first-order valence-corrected chi connectivity index (χ1v) is 11.0. The lowest BCUT2D eigenvalue weighted by Crippen LogP contribution is -2.26. The minimum absolute atomic E-state index is 0.0263. The molecule has 36 heavy (non-hydrogen) atoms. The molecule has 9 nitrogen and oxygen atoms in total. The second kappa shape index (κ2) is 8.95. The first-order chi connectivity index (χ1) is 17.3. The minimum atomic E-state index is -4.64. The van der Waals surface area contributed by atoms with E-state index in [1.807, 2.05) is 6.92 Å². The Bertz CT molecular complexity index is 1650. The number of rotatable bonds is 6. The van der Waals surface area contributed by atoms with E-state index in [0.717, 1.165) is 6.07 Å². The molecule has 0 atom stereocenters. The van der Waals surface area contributed by atoms with Gasteiger partial charge >= 0.3 is 6.18 Å². The Hall–Kier alpha value is -4.48. The summed E-state index contributed by atoms with van der Waals surface area (Å²) < 4.78 is 48.0. The second-order valence-corrected chi connectivity index (χ2v) is 8.03. The van der Waals surface area contributed by atoms with Crippen LogP contribution in [0.3, 0.4) is 0 Å². The van der Waals surface area contributed by atoms with Crippen molar-refractivity contribution in [2.45, 2.75) is 32.6 Å². The molecule has 0 radical (unpaired) electrons. The van der Waals surface area contributed by atoms with Crippen molar-refractivity contribution in [1.82, 2.24) is 24.3 Å². The predicted molar refractivity (Wildman–Crippen MR) is 124 cm³/mol. The van der Waals surface area contributed by atoms with E-state index < -0.39 is 29.8 Å². The lowest BCUT2D eigenvalue weighted by atomic mass is 10.1. The summed E-state index contributed by atoms with van der Waals surface area (Å²) in [5.41, 5.74) is -0.746. The van der Waals surface area contributed by atoms with Gasteiger partial charge in [-0.3, -0.25) is 14.2 Å². The first kappa shape index (κ1) is 23.3. The van der Waals surface area contributed by atoms with Crippen molar-refractivity contribution < 1.29 is 22.5 Å². The van der Waals surface area contributed by atoms with Crippen LogP contribution in [0.25, 0.3) is 21.9 Å². The zero-order valence-electron chi connectivity index (χ0n) is 18.9. The van der Waals surface area contributed by atoms with Crippen molar-refractivity contribution in [3.63, 3.8) is 0 Å². The number of aromatic nitrogens is 5. The number of carbonyl (C=O) groups excluding carboxylic acids is 1. The number of hydrogen-bond donors (Lipinski definition) is 1. The number of hydrogen-bond acceptors (Lipinski definition) is 6. The van der Waals surface area contributed by atoms with Crippen LogP contribution in [0.1, 0.15) is 24.2 Å². The Kier molecular flexibility index (Phi) is 5.78. The maximum Gasteiger partial charge on any atom is 0.418 e. The Morgan fingerprint density at radius 3 is 2.61 bits per heavy atom. The van der Waals surface area contributed by atoms with Gasteiger partial charge in [0.15, 0.2) is 5.82 Å². The lowest BCUT2D eigenvalue weighted by Gasteiger charge is -2.14. The minimum Gasteiger partial charge on any atom is -0.337 e. The summed E-state index contributed by atoms with van der Waals surface area (Å²) in [5.74, 6) is -0.00934. The van der Waals surface area contributed by atoms with Crippen LogP contribution in [-0.2, 0) is 30.5 Å². The standard InChI is InChI=1S/C24H19F3N6O3/c1-2-18-30-20(36-31-18)12-32-13-28-21-14-7-3-6-10-17(14)33(22(21)23(32)35)11-19(34)29-16-9-5-4-8-15(16)24(25,26)27/h3-10,13H,2,11-12H2,1H3,(H,29,34). The zero-order chi connectivity index (χ0) is 25.4. The molecule has 5 aromatic rings. The molecule has 0 unspecified atom stereocenters. The molecule has 12 heteroatoms. The quantitative estimate of drug-likeness (QED) is 0.381. The van der Waals surface area contributed by atoms with Crippen LogP contribution in [-0.4, -0.2) is 30.2 Å². The average molecular weight is 496 g/mol. The number of benzene rings is 2. The van der Waals surface area contributed by atoms with Crippen molar-refractivity contribution in [3.05, 3.63) is 82.5 Å². The van der Waals surface area contributed by atoms with Crippen molar-refractivity contribution >= 4 is 33.5 Å². The molecule has 1 amide bonds. The molecule has 0 aliphatic heterocycles. The highest BCUT2D eigenvalue weighted by Crippen LogP contribution is 2.34. The number of fused-ring (bicyclic) bond motifs is 3. The molecule has 0 saturated carbocycles. The second-order valence-electron chi connectivity index (χ2n) is 8.03. The first-order valence-electron chi connectivity index (χ1n) is 11.0. The van der Waals surface area contributed by atoms with Gasteiger partial charge in [0.25, 0.3) is 5.56 Å². The molecule has 0 aliphatic rings. The molecule has 0 fully saturated rings. The Morgan fingerprint density at radius 2 is 1.86 bits per heavy atom. The molecule has 0 aliphatic carbocycles. The van der Waals surface area contributed by atoms with Gasteiger partial charge in [0, 0.05) is 11.8 Å². The van der Waals surface area contributed by atoms with E-state index in [-0.39, 0.29) is 23.6 Å². The summed E-state index contributed by atoms with van der Waals surface area (Å²) in [5, 5.41) is 6.78. The van der Waals surface area contributed by atoms with E-state index in [4.69, 9.17) is 4.52 Å². The van der Waals surface area contributed by atoms with Gasteiger partial charge in [-0.05, 0) is 18.2 Å². The maximum atomic E-state index is 13.5. The number of para-hydroxylation sites is 2. The highest BCUT2D eigenvalue weighted by molar-refractivity contribution is 6.06. The molecule has 5 rings (SSSR count). The predicted octanol–water partition coefficient (Wildman–Crippen LogP) is 4.00. The fourth-order valence-corrected chi connectivity index (χ4v) is 4.04. The maximum absolute atomic E-state index is 13.5. The van der Waals surface area contributed by atoms with Gasteiger partial charge < -0.3 is 14.4 Å². The number of aryl methyl sites for hydroxylation is 1. The Labute approximate surface area is 201 Å². The van der Waals surface area contributed by atoms with Gasteiger partial charge in [0.2, 0.25) is 11.8 Å². The average Bonchev–Trinajstić information content (AvgIpc) is 3.43. The molecule has 184 valence electrons. The third-order valence-electron chi connectivity index (χ3n) is 5.67. The van der Waals surface area contributed by atoms with E-state index in [1.165, 1.54) is 33.7 Å². The van der Waals surface area contributed by atoms with Gasteiger partial charge in [-0.2, -0.15) is 18.2 Å². The molecule has 0 saturated heterocycles. The van der Waals surface area contributed by atoms with Crippen LogP contribution in [0, 0.1) is 0 Å². The summed E-state index contributed by atoms with van der Waals surface area (Å²) in [7, 11) is 0. The van der Waals surface area contributed by atoms with Gasteiger partial charge in [-0.25, -0.2) is 4.98 Å². The summed E-state index contributed by atoms with van der Waals surface area (Å²) in [6.07, 6.45) is -2.71. The molecule has 0 spiro atoms. The fourth-order valence-electron chi connectivity index (χ4n) is 4.04. The number of carbonyl (C=O) groups is 1. The highest BCUT2D eigenvalue weighted by Gasteiger charge is 2.33. The van der Waals surface area contributed by atoms with Crippen LogP contribution in [0.15, 0.2) is 64.2 Å². The summed E-state index contributed by atoms with van der Waals surface area (Å²) in [4.78, 5) is 35.0. The van der Waals surface area contributed by atoms with E-state index in [2.05, 4.69) is 20.4 Å². The van der Waals surface area contributed by atoms with E-state index in [1.54, 1.807) is 24.3 Å². The topological polar surface area (TPSA) is 108 Å². The zero-order valence-corrected chi connectivity index (χ0v) is 18.9. The highest BCUT2D eigenvalue weighted by atomic mass is 19.4. The molecule has 0 bridgehead atoms. The summed E-state index contributed by atoms with van der Waals surface area (Å²) in [6.45, 7) is 1.43. The van der Waals surface area contributed by atoms with E-state index in [0.29, 0.717) is 28.7 Å². The van der Waals surface area contributed by atoms with Crippen molar-refractivity contribution in [2.75, 3.05) is 5.32 Å². The number of amides is 1. The molecule has 2 aromatic carbocycles. The van der Waals surface area contributed by atoms with Crippen molar-refractivity contribution in [2.24, 2.45) is 0 Å².